The molecule has 0 bridgehead atoms. The number of carbonyl (C=O) groups is 1. The van der Waals surface area contributed by atoms with Crippen LogP contribution in [0.4, 0.5) is 5.69 Å². The molecule has 0 aliphatic rings. The summed E-state index contributed by atoms with van der Waals surface area (Å²) in [5.41, 5.74) is 3.97. The zero-order valence-electron chi connectivity index (χ0n) is 15.5. The fraction of sp³-hybridized carbons (Fsp3) is 0.174. The van der Waals surface area contributed by atoms with Crippen molar-refractivity contribution in [2.75, 3.05) is 5.32 Å². The lowest BCUT2D eigenvalue weighted by Crippen LogP contribution is -2.92. The predicted molar refractivity (Wildman–Crippen MR) is 111 cm³/mol. The van der Waals surface area contributed by atoms with Gasteiger partial charge in [-0.1, -0.05) is 78.3 Å². The van der Waals surface area contributed by atoms with Gasteiger partial charge in [-0.3, -0.25) is 4.79 Å². The molecule has 27 heavy (non-hydrogen) atoms. The molecule has 1 atom stereocenters. The SMILES string of the molecule is Cc1c(Cl)cccc1NC(=O)[C@@H](C)[NH2+]C(c1ccccc1)c1ccccc1. The summed E-state index contributed by atoms with van der Waals surface area (Å²) in [6.07, 6.45) is 0. The van der Waals surface area contributed by atoms with E-state index in [1.165, 1.54) is 11.1 Å². The molecular formula is C23H24ClN2O+. The van der Waals surface area contributed by atoms with E-state index in [9.17, 15) is 4.79 Å². The van der Waals surface area contributed by atoms with Gasteiger partial charge in [0, 0.05) is 21.8 Å². The number of nitrogens with one attached hydrogen (secondary N) is 1. The highest BCUT2D eigenvalue weighted by atomic mass is 35.5. The number of quaternary nitrogens is 1. The van der Waals surface area contributed by atoms with Crippen molar-refractivity contribution in [1.29, 1.82) is 0 Å². The van der Waals surface area contributed by atoms with Gasteiger partial charge in [0.2, 0.25) is 0 Å². The van der Waals surface area contributed by atoms with Crippen LogP contribution >= 0.6 is 11.6 Å². The van der Waals surface area contributed by atoms with Crippen LogP contribution in [-0.4, -0.2) is 11.9 Å². The predicted octanol–water partition coefficient (Wildman–Crippen LogP) is 4.33. The molecule has 3 rings (SSSR count). The summed E-state index contributed by atoms with van der Waals surface area (Å²) in [7, 11) is 0. The van der Waals surface area contributed by atoms with E-state index in [0.29, 0.717) is 5.02 Å². The van der Waals surface area contributed by atoms with Crippen molar-refractivity contribution >= 4 is 23.2 Å². The van der Waals surface area contributed by atoms with Crippen LogP contribution in [-0.2, 0) is 4.79 Å². The molecule has 0 fully saturated rings. The average molecular weight is 380 g/mol. The lowest BCUT2D eigenvalue weighted by Gasteiger charge is -2.21. The summed E-state index contributed by atoms with van der Waals surface area (Å²) in [6.45, 7) is 3.83. The molecule has 0 radical (unpaired) electrons. The van der Waals surface area contributed by atoms with Crippen LogP contribution in [0.25, 0.3) is 0 Å². The largest absolute Gasteiger partial charge is 0.326 e. The van der Waals surface area contributed by atoms with E-state index in [-0.39, 0.29) is 18.0 Å². The summed E-state index contributed by atoms with van der Waals surface area (Å²) < 4.78 is 0. The van der Waals surface area contributed by atoms with Gasteiger partial charge in [0.15, 0.2) is 6.04 Å². The molecule has 0 aromatic heterocycles. The quantitative estimate of drug-likeness (QED) is 0.658. The number of carbonyl (C=O) groups excluding carboxylic acids is 1. The van der Waals surface area contributed by atoms with Crippen LogP contribution in [0.5, 0.6) is 0 Å². The molecule has 0 unspecified atom stereocenters. The minimum atomic E-state index is -0.270. The molecule has 4 heteroatoms. The van der Waals surface area contributed by atoms with Crippen LogP contribution in [0.15, 0.2) is 78.9 Å². The van der Waals surface area contributed by atoms with Crippen LogP contribution in [0.1, 0.15) is 29.7 Å². The van der Waals surface area contributed by atoms with Crippen molar-refractivity contribution < 1.29 is 10.1 Å². The first-order valence-corrected chi connectivity index (χ1v) is 9.45. The molecular weight excluding hydrogens is 356 g/mol. The molecule has 0 saturated carbocycles. The molecule has 3 aromatic rings. The number of nitrogens with two attached hydrogens (primary N) is 1. The first-order chi connectivity index (χ1) is 13.1. The van der Waals surface area contributed by atoms with E-state index < -0.39 is 0 Å². The maximum atomic E-state index is 12.8. The van der Waals surface area contributed by atoms with Gasteiger partial charge in [0.1, 0.15) is 6.04 Å². The van der Waals surface area contributed by atoms with E-state index in [4.69, 9.17) is 11.6 Å². The Hall–Kier alpha value is -2.62. The Bertz CT molecular complexity index is 857. The monoisotopic (exact) mass is 379 g/mol. The zero-order valence-corrected chi connectivity index (χ0v) is 16.3. The molecule has 3 aromatic carbocycles. The molecule has 0 saturated heterocycles. The molecule has 1 amide bonds. The minimum Gasteiger partial charge on any atom is -0.326 e. The average Bonchev–Trinajstić information content (AvgIpc) is 2.70. The van der Waals surface area contributed by atoms with Crippen molar-refractivity contribution in [3.63, 3.8) is 0 Å². The van der Waals surface area contributed by atoms with Gasteiger partial charge < -0.3 is 10.6 Å². The normalized spacial score (nSPS) is 12.0. The van der Waals surface area contributed by atoms with Crippen LogP contribution in [0.3, 0.4) is 0 Å². The highest BCUT2D eigenvalue weighted by Gasteiger charge is 2.25. The number of anilines is 1. The van der Waals surface area contributed by atoms with Gasteiger partial charge in [-0.15, -0.1) is 0 Å². The minimum absolute atomic E-state index is 0.0442. The molecule has 138 valence electrons. The Morgan fingerprint density at radius 2 is 1.44 bits per heavy atom. The Balaban J connectivity index is 1.79. The smallest absolute Gasteiger partial charge is 0.282 e. The second kappa shape index (κ2) is 8.85. The van der Waals surface area contributed by atoms with Crippen molar-refractivity contribution in [1.82, 2.24) is 0 Å². The summed E-state index contributed by atoms with van der Waals surface area (Å²) in [5.74, 6) is -0.0442. The fourth-order valence-electron chi connectivity index (χ4n) is 3.10. The second-order valence-electron chi connectivity index (χ2n) is 6.68. The van der Waals surface area contributed by atoms with Crippen LogP contribution in [0.2, 0.25) is 5.02 Å². The van der Waals surface area contributed by atoms with E-state index in [1.807, 2.05) is 68.4 Å². The fourth-order valence-corrected chi connectivity index (χ4v) is 3.28. The third-order valence-electron chi connectivity index (χ3n) is 4.74. The topological polar surface area (TPSA) is 45.7 Å². The van der Waals surface area contributed by atoms with Crippen molar-refractivity contribution in [2.24, 2.45) is 0 Å². The summed E-state index contributed by atoms with van der Waals surface area (Å²) in [6, 6.07) is 25.8. The Morgan fingerprint density at radius 1 is 0.889 bits per heavy atom. The summed E-state index contributed by atoms with van der Waals surface area (Å²) in [5, 5.41) is 5.75. The van der Waals surface area contributed by atoms with E-state index in [0.717, 1.165) is 11.3 Å². The van der Waals surface area contributed by atoms with Crippen molar-refractivity contribution in [3.05, 3.63) is 101 Å². The first-order valence-electron chi connectivity index (χ1n) is 9.07. The van der Waals surface area contributed by atoms with Gasteiger partial charge in [0.25, 0.3) is 5.91 Å². The lowest BCUT2D eigenvalue weighted by molar-refractivity contribution is -0.704. The van der Waals surface area contributed by atoms with Crippen molar-refractivity contribution in [2.45, 2.75) is 25.9 Å². The number of benzene rings is 3. The molecule has 0 heterocycles. The third-order valence-corrected chi connectivity index (χ3v) is 5.15. The second-order valence-corrected chi connectivity index (χ2v) is 7.09. The third kappa shape index (κ3) is 4.76. The molecule has 3 nitrogen and oxygen atoms in total. The van der Waals surface area contributed by atoms with Gasteiger partial charge in [-0.2, -0.15) is 0 Å². The van der Waals surface area contributed by atoms with Crippen LogP contribution in [0, 0.1) is 6.92 Å². The van der Waals surface area contributed by atoms with E-state index in [2.05, 4.69) is 34.9 Å². The van der Waals surface area contributed by atoms with E-state index >= 15 is 0 Å². The molecule has 0 spiro atoms. The van der Waals surface area contributed by atoms with Gasteiger partial charge in [0.05, 0.1) is 0 Å². The van der Waals surface area contributed by atoms with Gasteiger partial charge >= 0.3 is 0 Å². The zero-order chi connectivity index (χ0) is 19.2. The van der Waals surface area contributed by atoms with Gasteiger partial charge in [-0.25, -0.2) is 0 Å². The standard InChI is InChI=1S/C23H23ClN2O/c1-16-20(24)14-9-15-21(16)26-23(27)17(2)25-22(18-10-5-3-6-11-18)19-12-7-4-8-13-19/h3-15,17,22,25H,1-2H3,(H,26,27)/p+1/t17-/m1/s1. The highest BCUT2D eigenvalue weighted by molar-refractivity contribution is 6.31. The first kappa shape index (κ1) is 19.2. The molecule has 0 aliphatic heterocycles. The Kier molecular flexibility index (Phi) is 6.28. The van der Waals surface area contributed by atoms with E-state index in [1.54, 1.807) is 0 Å². The number of halogens is 1. The number of hydrogen-bond acceptors (Lipinski definition) is 1. The van der Waals surface area contributed by atoms with Crippen molar-refractivity contribution in [3.8, 4) is 0 Å². The maximum Gasteiger partial charge on any atom is 0.282 e. The molecule has 0 aliphatic carbocycles. The molecule has 3 N–H and O–H groups in total. The van der Waals surface area contributed by atoms with Gasteiger partial charge in [-0.05, 0) is 31.5 Å². The highest BCUT2D eigenvalue weighted by Crippen LogP contribution is 2.23. The van der Waals surface area contributed by atoms with Crippen LogP contribution < -0.4 is 10.6 Å². The summed E-state index contributed by atoms with van der Waals surface area (Å²) in [4.78, 5) is 12.8. The lowest BCUT2D eigenvalue weighted by atomic mass is 9.98. The Morgan fingerprint density at radius 3 is 2.00 bits per heavy atom. The summed E-state index contributed by atoms with van der Waals surface area (Å²) >= 11 is 6.16. The number of amides is 1. The maximum absolute atomic E-state index is 12.8. The number of rotatable bonds is 6. The number of hydrogen-bond donors (Lipinski definition) is 2. The Labute approximate surface area is 165 Å².